The molecule has 2 aromatic carbocycles. The van der Waals surface area contributed by atoms with Crippen molar-refractivity contribution in [2.24, 2.45) is 0 Å². The van der Waals surface area contributed by atoms with Gasteiger partial charge in [0.15, 0.2) is 0 Å². The number of halogens is 2. The highest BCUT2D eigenvalue weighted by atomic mass is 79.9. The van der Waals surface area contributed by atoms with Crippen molar-refractivity contribution in [1.29, 1.82) is 0 Å². The van der Waals surface area contributed by atoms with E-state index in [-0.39, 0.29) is 5.82 Å². The van der Waals surface area contributed by atoms with Crippen LogP contribution in [0, 0.1) is 5.82 Å². The Morgan fingerprint density at radius 3 is 2.84 bits per heavy atom. The second-order valence-corrected chi connectivity index (χ2v) is 6.17. The van der Waals surface area contributed by atoms with E-state index in [0.717, 1.165) is 21.5 Å². The van der Waals surface area contributed by atoms with Gasteiger partial charge in [0.05, 0.1) is 0 Å². The maximum absolute atomic E-state index is 13.6. The van der Waals surface area contributed by atoms with Gasteiger partial charge < -0.3 is 5.32 Å². The predicted molar refractivity (Wildman–Crippen MR) is 82.9 cm³/mol. The van der Waals surface area contributed by atoms with Crippen LogP contribution in [0.4, 0.5) is 4.39 Å². The van der Waals surface area contributed by atoms with Crippen LogP contribution in [0.3, 0.4) is 0 Å². The Morgan fingerprint density at radius 2 is 2.05 bits per heavy atom. The summed E-state index contributed by atoms with van der Waals surface area (Å²) in [6.45, 7) is 0.847. The minimum atomic E-state index is -0.151. The molecule has 19 heavy (non-hydrogen) atoms. The number of hydrogen-bond donors (Lipinski definition) is 1. The van der Waals surface area contributed by atoms with Crippen molar-refractivity contribution in [2.75, 3.05) is 7.05 Å². The van der Waals surface area contributed by atoms with Crippen LogP contribution in [-0.2, 0) is 12.3 Å². The van der Waals surface area contributed by atoms with Gasteiger partial charge in [0.2, 0.25) is 0 Å². The highest BCUT2D eigenvalue weighted by Gasteiger charge is 2.04. The second-order valence-electron chi connectivity index (χ2n) is 4.20. The van der Waals surface area contributed by atoms with Gasteiger partial charge in [-0.1, -0.05) is 28.1 Å². The van der Waals surface area contributed by atoms with Gasteiger partial charge in [-0.25, -0.2) is 4.39 Å². The van der Waals surface area contributed by atoms with Crippen LogP contribution in [0.25, 0.3) is 0 Å². The van der Waals surface area contributed by atoms with Crippen molar-refractivity contribution in [3.05, 3.63) is 63.9 Å². The number of thioether (sulfide) groups is 1. The molecule has 0 heterocycles. The molecule has 0 saturated heterocycles. The molecule has 0 spiro atoms. The first-order chi connectivity index (χ1) is 9.19. The van der Waals surface area contributed by atoms with Gasteiger partial charge in [-0.15, -0.1) is 11.8 Å². The lowest BCUT2D eigenvalue weighted by Gasteiger charge is -2.06. The summed E-state index contributed by atoms with van der Waals surface area (Å²) in [6.07, 6.45) is 0. The zero-order chi connectivity index (χ0) is 13.7. The summed E-state index contributed by atoms with van der Waals surface area (Å²) < 4.78 is 14.5. The number of benzene rings is 2. The van der Waals surface area contributed by atoms with E-state index in [1.807, 2.05) is 19.2 Å². The monoisotopic (exact) mass is 339 g/mol. The Bertz CT molecular complexity index is 560. The lowest BCUT2D eigenvalue weighted by molar-refractivity contribution is 0.617. The largest absolute Gasteiger partial charge is 0.316 e. The summed E-state index contributed by atoms with van der Waals surface area (Å²) >= 11 is 5.02. The van der Waals surface area contributed by atoms with Crippen LogP contribution >= 0.6 is 27.7 Å². The molecule has 2 rings (SSSR count). The summed E-state index contributed by atoms with van der Waals surface area (Å²) in [4.78, 5) is 1.16. The highest BCUT2D eigenvalue weighted by Crippen LogP contribution is 2.26. The standard InChI is InChI=1S/C15H15BrFNS/c1-18-9-11-3-2-4-14(7-11)19-10-12-8-13(16)5-6-15(12)17/h2-8,18H,9-10H2,1H3. The van der Waals surface area contributed by atoms with E-state index in [9.17, 15) is 4.39 Å². The molecule has 4 heteroatoms. The molecule has 100 valence electrons. The fourth-order valence-corrected chi connectivity index (χ4v) is 3.13. The Labute approximate surface area is 125 Å². The van der Waals surface area contributed by atoms with Crippen LogP contribution in [0.2, 0.25) is 0 Å². The first-order valence-electron chi connectivity index (χ1n) is 5.99. The van der Waals surface area contributed by atoms with Gasteiger partial charge in [0.25, 0.3) is 0 Å². The first-order valence-corrected chi connectivity index (χ1v) is 7.77. The molecule has 0 radical (unpaired) electrons. The molecule has 0 unspecified atom stereocenters. The summed E-state index contributed by atoms with van der Waals surface area (Å²) in [5.74, 6) is 0.482. The predicted octanol–water partition coefficient (Wildman–Crippen LogP) is 4.60. The van der Waals surface area contributed by atoms with Crippen molar-refractivity contribution in [3.63, 3.8) is 0 Å². The molecule has 0 fully saturated rings. The third-order valence-electron chi connectivity index (χ3n) is 2.68. The molecule has 0 aliphatic heterocycles. The number of nitrogens with one attached hydrogen (secondary N) is 1. The van der Waals surface area contributed by atoms with Crippen molar-refractivity contribution in [2.45, 2.75) is 17.2 Å². The zero-order valence-electron chi connectivity index (χ0n) is 10.6. The third kappa shape index (κ3) is 4.34. The third-order valence-corrected chi connectivity index (χ3v) is 4.22. The quantitative estimate of drug-likeness (QED) is 0.799. The van der Waals surface area contributed by atoms with Crippen molar-refractivity contribution in [1.82, 2.24) is 5.32 Å². The highest BCUT2D eigenvalue weighted by molar-refractivity contribution is 9.10. The fraction of sp³-hybridized carbons (Fsp3) is 0.200. The van der Waals surface area contributed by atoms with Gasteiger partial charge in [-0.3, -0.25) is 0 Å². The molecule has 0 atom stereocenters. The Balaban J connectivity index is 2.05. The normalized spacial score (nSPS) is 10.7. The molecule has 0 aliphatic carbocycles. The smallest absolute Gasteiger partial charge is 0.127 e. The van der Waals surface area contributed by atoms with Gasteiger partial charge in [-0.05, 0) is 48.5 Å². The van der Waals surface area contributed by atoms with E-state index in [1.54, 1.807) is 17.8 Å². The molecule has 0 amide bonds. The molecule has 0 aliphatic rings. The Kier molecular flexibility index (Phi) is 5.43. The van der Waals surface area contributed by atoms with Gasteiger partial charge in [0, 0.05) is 21.7 Å². The Morgan fingerprint density at radius 1 is 1.21 bits per heavy atom. The lowest BCUT2D eigenvalue weighted by atomic mass is 10.2. The molecule has 0 saturated carbocycles. The molecule has 0 bridgehead atoms. The molecule has 1 nitrogen and oxygen atoms in total. The maximum Gasteiger partial charge on any atom is 0.127 e. The summed E-state index contributed by atoms with van der Waals surface area (Å²) in [7, 11) is 1.93. The van der Waals surface area contributed by atoms with Crippen LogP contribution in [0.5, 0.6) is 0 Å². The Hall–Kier alpha value is -0.840. The fourth-order valence-electron chi connectivity index (χ4n) is 1.76. The van der Waals surface area contributed by atoms with Crippen molar-refractivity contribution >= 4 is 27.7 Å². The lowest BCUT2D eigenvalue weighted by Crippen LogP contribution is -2.04. The minimum Gasteiger partial charge on any atom is -0.316 e. The molecule has 0 aromatic heterocycles. The zero-order valence-corrected chi connectivity index (χ0v) is 13.0. The number of rotatable bonds is 5. The van der Waals surface area contributed by atoms with E-state index in [4.69, 9.17) is 0 Å². The SMILES string of the molecule is CNCc1cccc(SCc2cc(Br)ccc2F)c1. The first kappa shape index (κ1) is 14.6. The van der Waals surface area contributed by atoms with Gasteiger partial charge >= 0.3 is 0 Å². The average Bonchev–Trinajstić information content (AvgIpc) is 2.41. The summed E-state index contributed by atoms with van der Waals surface area (Å²) in [6, 6.07) is 13.4. The van der Waals surface area contributed by atoms with E-state index in [0.29, 0.717) is 5.75 Å². The van der Waals surface area contributed by atoms with Gasteiger partial charge in [-0.2, -0.15) is 0 Å². The summed E-state index contributed by atoms with van der Waals surface area (Å²) in [5, 5.41) is 3.13. The average molecular weight is 340 g/mol. The minimum absolute atomic E-state index is 0.151. The topological polar surface area (TPSA) is 12.0 Å². The molecular weight excluding hydrogens is 325 g/mol. The van der Waals surface area contributed by atoms with Gasteiger partial charge in [0.1, 0.15) is 5.82 Å². The van der Waals surface area contributed by atoms with Crippen LogP contribution in [0.15, 0.2) is 51.8 Å². The number of hydrogen-bond acceptors (Lipinski definition) is 2. The van der Waals surface area contributed by atoms with E-state index in [1.165, 1.54) is 11.6 Å². The van der Waals surface area contributed by atoms with Crippen molar-refractivity contribution < 1.29 is 4.39 Å². The van der Waals surface area contributed by atoms with E-state index < -0.39 is 0 Å². The molecule has 1 N–H and O–H groups in total. The maximum atomic E-state index is 13.6. The molecular formula is C15H15BrFNS. The van der Waals surface area contributed by atoms with Crippen LogP contribution < -0.4 is 5.32 Å². The summed E-state index contributed by atoms with van der Waals surface area (Å²) in [5.41, 5.74) is 1.96. The van der Waals surface area contributed by atoms with Crippen LogP contribution in [0.1, 0.15) is 11.1 Å². The van der Waals surface area contributed by atoms with E-state index in [2.05, 4.69) is 39.4 Å². The second kappa shape index (κ2) is 7.08. The molecule has 2 aromatic rings. The van der Waals surface area contributed by atoms with E-state index >= 15 is 0 Å². The van der Waals surface area contributed by atoms with Crippen LogP contribution in [-0.4, -0.2) is 7.05 Å². The van der Waals surface area contributed by atoms with Crippen molar-refractivity contribution in [3.8, 4) is 0 Å².